The molecule has 4 rings (SSSR count). The van der Waals surface area contributed by atoms with Crippen molar-refractivity contribution >= 4 is 33.0 Å². The highest BCUT2D eigenvalue weighted by atomic mass is 32.2. The molecule has 0 radical (unpaired) electrons. The van der Waals surface area contributed by atoms with Gasteiger partial charge in [-0.3, -0.25) is 4.40 Å². The van der Waals surface area contributed by atoms with Gasteiger partial charge in [-0.05, 0) is 30.7 Å². The molecular formula is C19H22F3N5O2S. The molecule has 0 amide bonds. The Morgan fingerprint density at radius 2 is 2.10 bits per heavy atom. The molecule has 3 heterocycles. The van der Waals surface area contributed by atoms with Crippen LogP contribution in [0, 0.1) is 11.8 Å². The number of halogens is 3. The van der Waals surface area contributed by atoms with Crippen molar-refractivity contribution < 1.29 is 21.6 Å². The Bertz CT molecular complexity index is 1180. The average Bonchev–Trinajstić information content (AvgIpc) is 3.40. The Hall–Kier alpha value is -2.43. The van der Waals surface area contributed by atoms with Gasteiger partial charge in [-0.2, -0.15) is 17.6 Å². The topological polar surface area (TPSA) is 92.5 Å². The number of alkyl halides is 3. The zero-order chi connectivity index (χ0) is 21.5. The molecule has 0 bridgehead atoms. The largest absolute Gasteiger partial charge is 0.390 e. The first-order valence-corrected chi connectivity index (χ1v) is 11.4. The van der Waals surface area contributed by atoms with Gasteiger partial charge < -0.3 is 4.98 Å². The monoisotopic (exact) mass is 441 g/mol. The van der Waals surface area contributed by atoms with E-state index in [0.29, 0.717) is 12.3 Å². The van der Waals surface area contributed by atoms with Crippen LogP contribution in [0.2, 0.25) is 0 Å². The van der Waals surface area contributed by atoms with Crippen LogP contribution in [0.1, 0.15) is 44.2 Å². The van der Waals surface area contributed by atoms with Crippen LogP contribution in [0.4, 0.5) is 13.2 Å². The number of fused-ring (bicyclic) bond motifs is 3. The molecule has 162 valence electrons. The molecule has 0 aliphatic heterocycles. The predicted octanol–water partition coefficient (Wildman–Crippen LogP) is 4.08. The van der Waals surface area contributed by atoms with Gasteiger partial charge in [-0.25, -0.2) is 18.4 Å². The molecule has 11 heteroatoms. The number of nitrogens with zero attached hydrogens (tertiary/aromatic N) is 4. The fourth-order valence-electron chi connectivity index (χ4n) is 4.33. The van der Waals surface area contributed by atoms with E-state index in [1.54, 1.807) is 6.20 Å². The number of sulfonamides is 1. The minimum absolute atomic E-state index is 0.116. The summed E-state index contributed by atoms with van der Waals surface area (Å²) in [7, 11) is -4.13. The Morgan fingerprint density at radius 3 is 2.83 bits per heavy atom. The summed E-state index contributed by atoms with van der Waals surface area (Å²) in [6, 6.07) is 1.93. The van der Waals surface area contributed by atoms with Gasteiger partial charge in [0.2, 0.25) is 0 Å². The van der Waals surface area contributed by atoms with Crippen molar-refractivity contribution in [1.29, 1.82) is 0 Å². The highest BCUT2D eigenvalue weighted by molar-refractivity contribution is 7.90. The van der Waals surface area contributed by atoms with E-state index in [1.807, 2.05) is 18.5 Å². The zero-order valence-corrected chi connectivity index (χ0v) is 17.1. The van der Waals surface area contributed by atoms with Gasteiger partial charge in [0, 0.05) is 30.2 Å². The molecule has 1 aliphatic carbocycles. The lowest BCUT2D eigenvalue weighted by Crippen LogP contribution is -2.15. The number of aromatic nitrogens is 4. The van der Waals surface area contributed by atoms with E-state index in [0.717, 1.165) is 35.3 Å². The molecule has 1 saturated carbocycles. The standard InChI is InChI=1S/C19H22F3N5O2S/c1-2-13-7-12(9-26-30(28,29)6-4-19(20,21)22)8-14(13)16-10-24-17-11-25-18-15(27(16)17)3-5-23-18/h3,5,9-14,23H,2,4,6-8H2,1H3/t12?,13-,14+/m1/s1. The number of rotatable bonds is 6. The first kappa shape index (κ1) is 20.8. The van der Waals surface area contributed by atoms with Crippen LogP contribution in [-0.4, -0.2) is 45.9 Å². The highest BCUT2D eigenvalue weighted by Crippen LogP contribution is 2.44. The second kappa shape index (κ2) is 7.68. The van der Waals surface area contributed by atoms with Gasteiger partial charge in [-0.1, -0.05) is 13.3 Å². The number of hydrogen-bond acceptors (Lipinski definition) is 4. The van der Waals surface area contributed by atoms with Gasteiger partial charge in [0.15, 0.2) is 11.3 Å². The third kappa shape index (κ3) is 4.21. The van der Waals surface area contributed by atoms with Crippen molar-refractivity contribution in [2.75, 3.05) is 5.75 Å². The maximum absolute atomic E-state index is 12.3. The van der Waals surface area contributed by atoms with E-state index < -0.39 is 28.4 Å². The highest BCUT2D eigenvalue weighted by Gasteiger charge is 2.36. The lowest BCUT2D eigenvalue weighted by molar-refractivity contribution is -0.129. The first-order valence-electron chi connectivity index (χ1n) is 9.81. The summed E-state index contributed by atoms with van der Waals surface area (Å²) in [6.07, 6.45) is 3.05. The number of H-pyrrole nitrogens is 1. The lowest BCUT2D eigenvalue weighted by Gasteiger charge is -2.17. The van der Waals surface area contributed by atoms with Gasteiger partial charge >= 0.3 is 6.18 Å². The van der Waals surface area contributed by atoms with Crippen molar-refractivity contribution in [2.24, 2.45) is 16.2 Å². The van der Waals surface area contributed by atoms with Gasteiger partial charge in [-0.15, -0.1) is 0 Å². The van der Waals surface area contributed by atoms with Gasteiger partial charge in [0.05, 0.1) is 23.9 Å². The molecule has 1 unspecified atom stereocenters. The van der Waals surface area contributed by atoms with Crippen LogP contribution in [-0.2, 0) is 10.0 Å². The molecule has 30 heavy (non-hydrogen) atoms. The maximum atomic E-state index is 12.3. The summed E-state index contributed by atoms with van der Waals surface area (Å²) < 4.78 is 66.3. The minimum Gasteiger partial charge on any atom is -0.345 e. The molecule has 3 aromatic rings. The lowest BCUT2D eigenvalue weighted by atomic mass is 9.91. The Balaban J connectivity index is 1.57. The summed E-state index contributed by atoms with van der Waals surface area (Å²) in [4.78, 5) is 11.9. The SMILES string of the molecule is CC[C@@H]1CC(C=NS(=O)(=O)CCC(F)(F)F)C[C@@H]1c1cnc2cnc3[nH]ccc3n12. The summed E-state index contributed by atoms with van der Waals surface area (Å²) in [5.74, 6) is -0.706. The van der Waals surface area contributed by atoms with E-state index in [9.17, 15) is 21.6 Å². The van der Waals surface area contributed by atoms with Crippen molar-refractivity contribution in [2.45, 2.75) is 44.7 Å². The summed E-state index contributed by atoms with van der Waals surface area (Å²) in [5.41, 5.74) is 3.43. The third-order valence-corrected chi connectivity index (χ3v) is 6.94. The molecule has 0 aromatic carbocycles. The Labute approximate surface area is 171 Å². The van der Waals surface area contributed by atoms with Crippen molar-refractivity contribution in [1.82, 2.24) is 19.4 Å². The predicted molar refractivity (Wildman–Crippen MR) is 107 cm³/mol. The summed E-state index contributed by atoms with van der Waals surface area (Å²) >= 11 is 0. The number of aromatic amines is 1. The number of imidazole rings is 1. The summed E-state index contributed by atoms with van der Waals surface area (Å²) in [5, 5.41) is 0. The Morgan fingerprint density at radius 1 is 1.30 bits per heavy atom. The van der Waals surface area contributed by atoms with E-state index in [-0.39, 0.29) is 11.8 Å². The molecule has 3 atom stereocenters. The number of nitrogens with one attached hydrogen (secondary N) is 1. The minimum atomic E-state index is -4.52. The molecule has 1 N–H and O–H groups in total. The average molecular weight is 441 g/mol. The maximum Gasteiger partial charge on any atom is 0.390 e. The molecule has 7 nitrogen and oxygen atoms in total. The zero-order valence-electron chi connectivity index (χ0n) is 16.3. The molecular weight excluding hydrogens is 419 g/mol. The molecule has 0 saturated heterocycles. The van der Waals surface area contributed by atoms with Crippen LogP contribution >= 0.6 is 0 Å². The van der Waals surface area contributed by atoms with E-state index >= 15 is 0 Å². The van der Waals surface area contributed by atoms with Crippen molar-refractivity contribution in [3.8, 4) is 0 Å². The van der Waals surface area contributed by atoms with Crippen LogP contribution in [0.25, 0.3) is 16.8 Å². The van der Waals surface area contributed by atoms with Crippen LogP contribution < -0.4 is 0 Å². The fraction of sp³-hybridized carbons (Fsp3) is 0.526. The van der Waals surface area contributed by atoms with E-state index in [4.69, 9.17) is 0 Å². The molecule has 0 spiro atoms. The number of hydrogen-bond donors (Lipinski definition) is 1. The van der Waals surface area contributed by atoms with E-state index in [2.05, 4.69) is 30.7 Å². The molecule has 1 aliphatic rings. The van der Waals surface area contributed by atoms with E-state index in [1.165, 1.54) is 6.21 Å². The second-order valence-electron chi connectivity index (χ2n) is 7.76. The quantitative estimate of drug-likeness (QED) is 0.584. The fourth-order valence-corrected chi connectivity index (χ4v) is 5.29. The molecule has 3 aromatic heterocycles. The second-order valence-corrected chi connectivity index (χ2v) is 9.54. The first-order chi connectivity index (χ1) is 14.2. The third-order valence-electron chi connectivity index (χ3n) is 5.78. The molecule has 1 fully saturated rings. The Kier molecular flexibility index (Phi) is 5.33. The van der Waals surface area contributed by atoms with Crippen LogP contribution in [0.3, 0.4) is 0 Å². The van der Waals surface area contributed by atoms with Crippen LogP contribution in [0.5, 0.6) is 0 Å². The van der Waals surface area contributed by atoms with Crippen LogP contribution in [0.15, 0.2) is 29.1 Å². The van der Waals surface area contributed by atoms with Crippen molar-refractivity contribution in [3.63, 3.8) is 0 Å². The van der Waals surface area contributed by atoms with Gasteiger partial charge in [0.25, 0.3) is 10.0 Å². The summed E-state index contributed by atoms with van der Waals surface area (Å²) in [6.45, 7) is 2.08. The van der Waals surface area contributed by atoms with Gasteiger partial charge in [0.1, 0.15) is 0 Å². The van der Waals surface area contributed by atoms with Crippen molar-refractivity contribution in [3.05, 3.63) is 30.4 Å². The normalized spacial score (nSPS) is 23.3. The smallest absolute Gasteiger partial charge is 0.345 e.